The van der Waals surface area contributed by atoms with Crippen LogP contribution in [-0.2, 0) is 28.9 Å². The first-order chi connectivity index (χ1) is 7.97. The molecule has 92 valence electrons. The van der Waals surface area contributed by atoms with Gasteiger partial charge in [-0.25, -0.2) is 8.42 Å². The Morgan fingerprint density at radius 2 is 2.18 bits per heavy atom. The maximum absolute atomic E-state index is 11.2. The van der Waals surface area contributed by atoms with Crippen LogP contribution in [0.5, 0.6) is 0 Å². The fourth-order valence-electron chi connectivity index (χ4n) is 1.71. The molecular formula is C11H12ClNO2S2. The van der Waals surface area contributed by atoms with Crippen LogP contribution in [0, 0.1) is 0 Å². The van der Waals surface area contributed by atoms with Crippen molar-refractivity contribution < 1.29 is 8.42 Å². The highest BCUT2D eigenvalue weighted by Crippen LogP contribution is 2.19. The number of hydrogen-bond acceptors (Lipinski definition) is 3. The second kappa shape index (κ2) is 4.84. The van der Waals surface area contributed by atoms with Crippen LogP contribution < -0.4 is 0 Å². The molecule has 0 N–H and O–H groups in total. The molecule has 2 aromatic heterocycles. The second-order valence-corrected chi connectivity index (χ2v) is 7.36. The van der Waals surface area contributed by atoms with Crippen LogP contribution in [0.1, 0.15) is 10.4 Å². The van der Waals surface area contributed by atoms with Crippen LogP contribution in [-0.4, -0.2) is 13.0 Å². The Balaban J connectivity index is 2.13. The summed E-state index contributed by atoms with van der Waals surface area (Å²) in [6, 6.07) is 5.72. The number of nitrogens with zero attached hydrogens (tertiary/aromatic N) is 1. The zero-order valence-electron chi connectivity index (χ0n) is 9.26. The standard InChI is InChI=1S/C11H12ClNO2S2/c1-13-8-9(7-11(13)17(12,14)15)4-5-10-3-2-6-16-10/h2-3,6-8H,4-5H2,1H3. The SMILES string of the molecule is Cn1cc(CCc2cccs2)cc1S(=O)(=O)Cl. The number of halogens is 1. The largest absolute Gasteiger partial charge is 0.341 e. The van der Waals surface area contributed by atoms with E-state index in [0.717, 1.165) is 18.4 Å². The average molecular weight is 290 g/mol. The summed E-state index contributed by atoms with van der Waals surface area (Å²) in [5.41, 5.74) is 0.986. The Hall–Kier alpha value is -0.780. The van der Waals surface area contributed by atoms with Gasteiger partial charge >= 0.3 is 0 Å². The summed E-state index contributed by atoms with van der Waals surface area (Å²) >= 11 is 1.71. The number of thiophene rings is 1. The van der Waals surface area contributed by atoms with E-state index in [9.17, 15) is 8.42 Å². The summed E-state index contributed by atoms with van der Waals surface area (Å²) in [7, 11) is 3.37. The molecule has 0 unspecified atom stereocenters. The third-order valence-electron chi connectivity index (χ3n) is 2.51. The van der Waals surface area contributed by atoms with Crippen molar-refractivity contribution in [2.75, 3.05) is 0 Å². The van der Waals surface area contributed by atoms with E-state index in [1.54, 1.807) is 29.0 Å². The van der Waals surface area contributed by atoms with E-state index < -0.39 is 9.05 Å². The molecule has 6 heteroatoms. The molecule has 3 nitrogen and oxygen atoms in total. The second-order valence-electron chi connectivity index (χ2n) is 3.81. The predicted octanol–water partition coefficient (Wildman–Crippen LogP) is 2.80. The molecule has 0 spiro atoms. The van der Waals surface area contributed by atoms with Crippen LogP contribution in [0.25, 0.3) is 0 Å². The van der Waals surface area contributed by atoms with Crippen molar-refractivity contribution in [3.8, 4) is 0 Å². The minimum Gasteiger partial charge on any atom is -0.341 e. The molecule has 0 saturated heterocycles. The summed E-state index contributed by atoms with van der Waals surface area (Å²) in [4.78, 5) is 1.30. The van der Waals surface area contributed by atoms with Gasteiger partial charge in [0.25, 0.3) is 9.05 Å². The minimum absolute atomic E-state index is 0.153. The van der Waals surface area contributed by atoms with Crippen LogP contribution >= 0.6 is 22.0 Å². The van der Waals surface area contributed by atoms with Gasteiger partial charge in [-0.2, -0.15) is 0 Å². The Bertz CT molecular complexity index is 599. The van der Waals surface area contributed by atoms with Gasteiger partial charge in [-0.05, 0) is 35.9 Å². The van der Waals surface area contributed by atoms with Gasteiger partial charge in [-0.15, -0.1) is 11.3 Å². The normalized spacial score (nSPS) is 11.9. The fraction of sp³-hybridized carbons (Fsp3) is 0.273. The van der Waals surface area contributed by atoms with E-state index in [4.69, 9.17) is 10.7 Å². The highest BCUT2D eigenvalue weighted by Gasteiger charge is 2.15. The Morgan fingerprint density at radius 1 is 1.41 bits per heavy atom. The highest BCUT2D eigenvalue weighted by atomic mass is 35.7. The molecule has 17 heavy (non-hydrogen) atoms. The molecule has 0 aliphatic heterocycles. The molecule has 0 aliphatic carbocycles. The molecule has 0 bridgehead atoms. The lowest BCUT2D eigenvalue weighted by atomic mass is 10.2. The van der Waals surface area contributed by atoms with Gasteiger partial charge in [0.05, 0.1) is 0 Å². The van der Waals surface area contributed by atoms with E-state index in [1.807, 2.05) is 17.6 Å². The molecule has 0 fully saturated rings. The van der Waals surface area contributed by atoms with Gasteiger partial charge in [0.1, 0.15) is 0 Å². The molecule has 0 amide bonds. The van der Waals surface area contributed by atoms with E-state index in [-0.39, 0.29) is 5.03 Å². The zero-order valence-corrected chi connectivity index (χ0v) is 11.6. The van der Waals surface area contributed by atoms with Crippen molar-refractivity contribution in [3.05, 3.63) is 40.2 Å². The van der Waals surface area contributed by atoms with Crippen molar-refractivity contribution in [2.45, 2.75) is 17.9 Å². The molecular weight excluding hydrogens is 278 g/mol. The predicted molar refractivity (Wildman–Crippen MR) is 70.2 cm³/mol. The molecule has 2 aromatic rings. The third-order valence-corrected chi connectivity index (χ3v) is 4.82. The van der Waals surface area contributed by atoms with Gasteiger partial charge in [-0.3, -0.25) is 0 Å². The van der Waals surface area contributed by atoms with Crippen molar-refractivity contribution in [2.24, 2.45) is 7.05 Å². The van der Waals surface area contributed by atoms with Gasteiger partial charge in [0.2, 0.25) is 0 Å². The summed E-state index contributed by atoms with van der Waals surface area (Å²) in [5.74, 6) is 0. The van der Waals surface area contributed by atoms with E-state index >= 15 is 0 Å². The number of rotatable bonds is 4. The van der Waals surface area contributed by atoms with Gasteiger partial charge in [0, 0.05) is 28.8 Å². The Labute approximate surface area is 109 Å². The molecule has 0 atom stereocenters. The molecule has 0 aromatic carbocycles. The average Bonchev–Trinajstić information content (AvgIpc) is 2.82. The van der Waals surface area contributed by atoms with E-state index in [0.29, 0.717) is 0 Å². The van der Waals surface area contributed by atoms with Gasteiger partial charge < -0.3 is 4.57 Å². The number of hydrogen-bond donors (Lipinski definition) is 0. The van der Waals surface area contributed by atoms with Crippen molar-refractivity contribution in [1.29, 1.82) is 0 Å². The van der Waals surface area contributed by atoms with Crippen molar-refractivity contribution in [1.82, 2.24) is 4.57 Å². The molecule has 0 aliphatic rings. The maximum atomic E-state index is 11.2. The smallest absolute Gasteiger partial charge is 0.276 e. The summed E-state index contributed by atoms with van der Waals surface area (Å²) in [6.45, 7) is 0. The Kier molecular flexibility index (Phi) is 3.61. The quantitative estimate of drug-likeness (QED) is 0.812. The van der Waals surface area contributed by atoms with Gasteiger partial charge in [-0.1, -0.05) is 6.07 Å². The Morgan fingerprint density at radius 3 is 2.71 bits per heavy atom. The zero-order chi connectivity index (χ0) is 12.5. The summed E-state index contributed by atoms with van der Waals surface area (Å²) < 4.78 is 24.0. The third kappa shape index (κ3) is 3.12. The summed E-state index contributed by atoms with van der Waals surface area (Å²) in [5, 5.41) is 2.19. The topological polar surface area (TPSA) is 39.1 Å². The first kappa shape index (κ1) is 12.7. The minimum atomic E-state index is -3.65. The lowest BCUT2D eigenvalue weighted by molar-refractivity contribution is 0.600. The lowest BCUT2D eigenvalue weighted by Gasteiger charge is -1.95. The fourth-order valence-corrected chi connectivity index (χ4v) is 3.57. The monoisotopic (exact) mass is 289 g/mol. The summed E-state index contributed by atoms with van der Waals surface area (Å²) in [6.07, 6.45) is 3.55. The lowest BCUT2D eigenvalue weighted by Crippen LogP contribution is -1.97. The number of aryl methyl sites for hydroxylation is 3. The van der Waals surface area contributed by atoms with Crippen LogP contribution in [0.15, 0.2) is 34.8 Å². The molecule has 0 radical (unpaired) electrons. The van der Waals surface area contributed by atoms with Crippen molar-refractivity contribution in [3.63, 3.8) is 0 Å². The van der Waals surface area contributed by atoms with E-state index in [1.165, 1.54) is 4.88 Å². The highest BCUT2D eigenvalue weighted by molar-refractivity contribution is 8.13. The van der Waals surface area contributed by atoms with Crippen molar-refractivity contribution >= 4 is 31.1 Å². The molecule has 0 saturated carbocycles. The van der Waals surface area contributed by atoms with Gasteiger partial charge in [0.15, 0.2) is 5.03 Å². The molecule has 2 heterocycles. The number of aromatic nitrogens is 1. The molecule has 2 rings (SSSR count). The first-order valence-corrected chi connectivity index (χ1v) is 8.28. The van der Waals surface area contributed by atoms with Crippen LogP contribution in [0.3, 0.4) is 0 Å². The maximum Gasteiger partial charge on any atom is 0.276 e. The van der Waals surface area contributed by atoms with Crippen LogP contribution in [0.2, 0.25) is 0 Å². The van der Waals surface area contributed by atoms with Crippen LogP contribution in [0.4, 0.5) is 0 Å². The van der Waals surface area contributed by atoms with E-state index in [2.05, 4.69) is 6.07 Å². The first-order valence-electron chi connectivity index (χ1n) is 5.09.